The number of carbonyl (C=O) groups excluding carboxylic acids is 3. The van der Waals surface area contributed by atoms with Gasteiger partial charge in [0.15, 0.2) is 0 Å². The van der Waals surface area contributed by atoms with Crippen LogP contribution in [0.4, 0.5) is 11.4 Å². The second-order valence-electron chi connectivity index (χ2n) is 5.89. The normalized spacial score (nSPS) is 13.0. The van der Waals surface area contributed by atoms with Gasteiger partial charge in [-0.2, -0.15) is 0 Å². The highest BCUT2D eigenvalue weighted by molar-refractivity contribution is 6.05. The Kier molecular flexibility index (Phi) is 4.74. The Balaban J connectivity index is 1.66. The third-order valence-corrected chi connectivity index (χ3v) is 3.63. The topological polar surface area (TPSA) is 100 Å². The van der Waals surface area contributed by atoms with Gasteiger partial charge in [0.2, 0.25) is 5.91 Å². The lowest BCUT2D eigenvalue weighted by Crippen LogP contribution is -2.26. The Morgan fingerprint density at radius 3 is 2.20 bits per heavy atom. The number of hydrogen-bond donors (Lipinski definition) is 3. The van der Waals surface area contributed by atoms with Gasteiger partial charge in [-0.15, -0.1) is 0 Å². The minimum atomic E-state index is -0.338. The van der Waals surface area contributed by atoms with Gasteiger partial charge in [-0.1, -0.05) is 0 Å². The van der Waals surface area contributed by atoms with Crippen LogP contribution >= 0.6 is 0 Å². The summed E-state index contributed by atoms with van der Waals surface area (Å²) in [7, 11) is 0. The summed E-state index contributed by atoms with van der Waals surface area (Å²) in [6, 6.07) is 10.0. The van der Waals surface area contributed by atoms with E-state index in [0.717, 1.165) is 12.8 Å². The summed E-state index contributed by atoms with van der Waals surface area (Å²) in [5.41, 5.74) is 1.80. The number of pyridine rings is 1. The van der Waals surface area contributed by atoms with E-state index in [1.165, 1.54) is 19.2 Å². The van der Waals surface area contributed by atoms with Crippen molar-refractivity contribution in [3.05, 3.63) is 53.9 Å². The minimum Gasteiger partial charge on any atom is -0.348 e. The van der Waals surface area contributed by atoms with E-state index in [0.29, 0.717) is 16.9 Å². The fourth-order valence-electron chi connectivity index (χ4n) is 2.23. The molecule has 1 fully saturated rings. The van der Waals surface area contributed by atoms with Gasteiger partial charge >= 0.3 is 0 Å². The first-order valence-corrected chi connectivity index (χ1v) is 7.97. The molecule has 3 N–H and O–H groups in total. The third kappa shape index (κ3) is 4.63. The summed E-state index contributed by atoms with van der Waals surface area (Å²) < 4.78 is 0. The van der Waals surface area contributed by atoms with Crippen molar-refractivity contribution in [2.75, 3.05) is 10.6 Å². The zero-order valence-electron chi connectivity index (χ0n) is 13.7. The number of nitrogens with one attached hydrogen (secondary N) is 3. The summed E-state index contributed by atoms with van der Waals surface area (Å²) in [5, 5.41) is 8.24. The van der Waals surface area contributed by atoms with Gasteiger partial charge in [0.05, 0.1) is 0 Å². The van der Waals surface area contributed by atoms with Crippen LogP contribution in [0.15, 0.2) is 42.6 Å². The highest BCUT2D eigenvalue weighted by atomic mass is 16.2. The van der Waals surface area contributed by atoms with Crippen molar-refractivity contribution in [1.29, 1.82) is 0 Å². The predicted molar refractivity (Wildman–Crippen MR) is 93.4 cm³/mol. The number of aromatic nitrogens is 1. The zero-order chi connectivity index (χ0) is 17.8. The van der Waals surface area contributed by atoms with E-state index >= 15 is 0 Å². The summed E-state index contributed by atoms with van der Waals surface area (Å²) in [5.74, 6) is -0.766. The molecule has 1 aromatic heterocycles. The van der Waals surface area contributed by atoms with E-state index in [2.05, 4.69) is 20.9 Å². The summed E-state index contributed by atoms with van der Waals surface area (Å²) >= 11 is 0. The van der Waals surface area contributed by atoms with Crippen molar-refractivity contribution in [3.8, 4) is 0 Å². The van der Waals surface area contributed by atoms with E-state index in [1.807, 2.05) is 0 Å². The van der Waals surface area contributed by atoms with Crippen molar-refractivity contribution in [1.82, 2.24) is 10.3 Å². The molecule has 7 heteroatoms. The molecule has 0 bridgehead atoms. The van der Waals surface area contributed by atoms with Gasteiger partial charge in [-0.3, -0.25) is 19.4 Å². The molecule has 0 aliphatic heterocycles. The molecule has 1 heterocycles. The molecule has 3 amide bonds. The summed E-state index contributed by atoms with van der Waals surface area (Å²) in [6.07, 6.45) is 3.41. The molecule has 1 aliphatic carbocycles. The zero-order valence-corrected chi connectivity index (χ0v) is 13.7. The van der Waals surface area contributed by atoms with Crippen LogP contribution in [0.25, 0.3) is 0 Å². The molecule has 1 aliphatic rings. The maximum Gasteiger partial charge on any atom is 0.270 e. The molecule has 0 radical (unpaired) electrons. The number of carbonyl (C=O) groups is 3. The molecule has 1 saturated carbocycles. The number of benzene rings is 1. The number of anilines is 2. The van der Waals surface area contributed by atoms with E-state index in [4.69, 9.17) is 0 Å². The lowest BCUT2D eigenvalue weighted by Gasteiger charge is -2.08. The van der Waals surface area contributed by atoms with Gasteiger partial charge in [-0.05, 0) is 49.2 Å². The lowest BCUT2D eigenvalue weighted by molar-refractivity contribution is -0.114. The third-order valence-electron chi connectivity index (χ3n) is 3.63. The average molecular weight is 338 g/mol. The smallest absolute Gasteiger partial charge is 0.270 e. The molecule has 0 spiro atoms. The van der Waals surface area contributed by atoms with Crippen molar-refractivity contribution in [3.63, 3.8) is 0 Å². The van der Waals surface area contributed by atoms with Crippen LogP contribution in [0.1, 0.15) is 40.6 Å². The van der Waals surface area contributed by atoms with E-state index in [9.17, 15) is 14.4 Å². The van der Waals surface area contributed by atoms with Crippen LogP contribution in [0, 0.1) is 0 Å². The summed E-state index contributed by atoms with van der Waals surface area (Å²) in [4.78, 5) is 39.4. The highest BCUT2D eigenvalue weighted by Gasteiger charge is 2.24. The Bertz CT molecular complexity index is 813. The predicted octanol–water partition coefficient (Wildman–Crippen LogP) is 2.18. The molecule has 3 rings (SSSR count). The number of rotatable bonds is 5. The Hall–Kier alpha value is -3.22. The molecule has 25 heavy (non-hydrogen) atoms. The second kappa shape index (κ2) is 7.12. The van der Waals surface area contributed by atoms with E-state index < -0.39 is 0 Å². The van der Waals surface area contributed by atoms with Gasteiger partial charge in [0.1, 0.15) is 5.69 Å². The average Bonchev–Trinajstić information content (AvgIpc) is 3.40. The second-order valence-corrected chi connectivity index (χ2v) is 5.89. The van der Waals surface area contributed by atoms with E-state index in [1.54, 1.807) is 30.3 Å². The lowest BCUT2D eigenvalue weighted by atomic mass is 10.2. The Morgan fingerprint density at radius 1 is 0.960 bits per heavy atom. The standard InChI is InChI=1S/C18H18N4O3/c1-11(23)20-13-2-4-14(5-3-13)21-17(24)12-8-9-19-16(10-12)18(25)22-15-6-7-15/h2-5,8-10,15H,6-7H2,1H3,(H,20,23)(H,21,24)(H,22,25). The molecular weight excluding hydrogens is 320 g/mol. The fourth-order valence-corrected chi connectivity index (χ4v) is 2.23. The first-order valence-electron chi connectivity index (χ1n) is 7.97. The van der Waals surface area contributed by atoms with Gasteiger partial charge in [-0.25, -0.2) is 0 Å². The van der Waals surface area contributed by atoms with Gasteiger partial charge in [0.25, 0.3) is 11.8 Å². The first kappa shape index (κ1) is 16.6. The molecule has 7 nitrogen and oxygen atoms in total. The van der Waals surface area contributed by atoms with Crippen LogP contribution in [0.3, 0.4) is 0 Å². The molecule has 0 atom stereocenters. The number of amides is 3. The Labute approximate surface area is 144 Å². The molecule has 0 saturated heterocycles. The quantitative estimate of drug-likeness (QED) is 0.778. The van der Waals surface area contributed by atoms with E-state index in [-0.39, 0.29) is 29.5 Å². The van der Waals surface area contributed by atoms with Crippen LogP contribution < -0.4 is 16.0 Å². The molecule has 128 valence electrons. The SMILES string of the molecule is CC(=O)Nc1ccc(NC(=O)c2ccnc(C(=O)NC3CC3)c2)cc1. The number of nitrogens with zero attached hydrogens (tertiary/aromatic N) is 1. The maximum atomic E-state index is 12.3. The van der Waals surface area contributed by atoms with Crippen molar-refractivity contribution >= 4 is 29.1 Å². The highest BCUT2D eigenvalue weighted by Crippen LogP contribution is 2.19. The van der Waals surface area contributed by atoms with Crippen LogP contribution in [-0.4, -0.2) is 28.7 Å². The molecule has 0 unspecified atom stereocenters. The molecular formula is C18H18N4O3. The fraction of sp³-hybridized carbons (Fsp3) is 0.222. The van der Waals surface area contributed by atoms with Crippen molar-refractivity contribution in [2.45, 2.75) is 25.8 Å². The van der Waals surface area contributed by atoms with Crippen molar-refractivity contribution < 1.29 is 14.4 Å². The first-order chi connectivity index (χ1) is 12.0. The monoisotopic (exact) mass is 338 g/mol. The van der Waals surface area contributed by atoms with Crippen LogP contribution in [0.5, 0.6) is 0 Å². The van der Waals surface area contributed by atoms with Gasteiger partial charge in [0, 0.05) is 36.1 Å². The van der Waals surface area contributed by atoms with Crippen LogP contribution in [0.2, 0.25) is 0 Å². The van der Waals surface area contributed by atoms with Crippen LogP contribution in [-0.2, 0) is 4.79 Å². The number of hydrogen-bond acceptors (Lipinski definition) is 4. The van der Waals surface area contributed by atoms with Crippen molar-refractivity contribution in [2.24, 2.45) is 0 Å². The minimum absolute atomic E-state index is 0.162. The largest absolute Gasteiger partial charge is 0.348 e. The molecule has 2 aromatic rings. The molecule has 1 aromatic carbocycles. The Morgan fingerprint density at radius 2 is 1.60 bits per heavy atom. The van der Waals surface area contributed by atoms with Gasteiger partial charge < -0.3 is 16.0 Å². The maximum absolute atomic E-state index is 12.3. The summed E-state index contributed by atoms with van der Waals surface area (Å²) in [6.45, 7) is 1.43.